The Kier molecular flexibility index (Phi) is 6.92. The van der Waals surface area contributed by atoms with Crippen LogP contribution in [-0.2, 0) is 11.2 Å². The number of carbonyl (C=O) groups excluding carboxylic acids is 1. The van der Waals surface area contributed by atoms with Gasteiger partial charge in [0.25, 0.3) is 0 Å². The molecule has 162 valence electrons. The number of amides is 1. The van der Waals surface area contributed by atoms with Crippen molar-refractivity contribution in [1.82, 2.24) is 9.97 Å². The zero-order valence-corrected chi connectivity index (χ0v) is 18.2. The number of aromatic nitrogens is 2. The normalized spacial score (nSPS) is 18.5. The van der Waals surface area contributed by atoms with E-state index in [9.17, 15) is 4.79 Å². The lowest BCUT2D eigenvalue weighted by Crippen LogP contribution is -2.45. The molecule has 1 aliphatic heterocycles. The molecule has 2 aliphatic rings. The SMILES string of the molecule is CN1C(=O)C(C)(C)CN(C2CCCC2)c2nc(N)ncc21.OCCc1ccccc1. The molecule has 7 heteroatoms. The molecule has 1 aliphatic carbocycles. The number of hydrogen-bond donors (Lipinski definition) is 2. The second kappa shape index (κ2) is 9.43. The number of nitrogens with two attached hydrogens (primary N) is 1. The van der Waals surface area contributed by atoms with Gasteiger partial charge >= 0.3 is 0 Å². The first-order chi connectivity index (χ1) is 14.3. The van der Waals surface area contributed by atoms with Crippen LogP contribution in [0.15, 0.2) is 36.5 Å². The number of anilines is 3. The number of nitrogens with zero attached hydrogens (tertiary/aromatic N) is 4. The fraction of sp³-hybridized carbons (Fsp3) is 0.522. The maximum Gasteiger partial charge on any atom is 0.234 e. The number of benzene rings is 1. The van der Waals surface area contributed by atoms with E-state index in [0.29, 0.717) is 12.6 Å². The van der Waals surface area contributed by atoms with Gasteiger partial charge in [-0.2, -0.15) is 4.98 Å². The topological polar surface area (TPSA) is 95.6 Å². The summed E-state index contributed by atoms with van der Waals surface area (Å²) in [6.45, 7) is 4.90. The van der Waals surface area contributed by atoms with Gasteiger partial charge in [0.15, 0.2) is 5.82 Å². The van der Waals surface area contributed by atoms with Gasteiger partial charge in [0.2, 0.25) is 11.9 Å². The Morgan fingerprint density at radius 2 is 1.87 bits per heavy atom. The number of nitrogen functional groups attached to an aromatic ring is 1. The highest BCUT2D eigenvalue weighted by atomic mass is 16.3. The first-order valence-corrected chi connectivity index (χ1v) is 10.7. The van der Waals surface area contributed by atoms with E-state index in [1.54, 1.807) is 18.1 Å². The molecule has 1 saturated carbocycles. The summed E-state index contributed by atoms with van der Waals surface area (Å²) in [7, 11) is 1.79. The average Bonchev–Trinajstić information content (AvgIpc) is 3.25. The van der Waals surface area contributed by atoms with Crippen LogP contribution in [0.25, 0.3) is 0 Å². The maximum atomic E-state index is 12.7. The van der Waals surface area contributed by atoms with E-state index in [2.05, 4.69) is 14.9 Å². The van der Waals surface area contributed by atoms with E-state index in [1.807, 2.05) is 44.2 Å². The number of carbonyl (C=O) groups is 1. The minimum absolute atomic E-state index is 0.0950. The molecule has 0 atom stereocenters. The van der Waals surface area contributed by atoms with E-state index in [1.165, 1.54) is 18.4 Å². The van der Waals surface area contributed by atoms with Crippen molar-refractivity contribution < 1.29 is 9.90 Å². The zero-order chi connectivity index (χ0) is 21.7. The van der Waals surface area contributed by atoms with E-state index in [4.69, 9.17) is 10.8 Å². The van der Waals surface area contributed by atoms with Crippen LogP contribution in [0.3, 0.4) is 0 Å². The highest BCUT2D eigenvalue weighted by molar-refractivity contribution is 6.00. The molecule has 4 rings (SSSR count). The van der Waals surface area contributed by atoms with Crippen LogP contribution in [0.1, 0.15) is 45.1 Å². The fourth-order valence-corrected chi connectivity index (χ4v) is 4.25. The first-order valence-electron chi connectivity index (χ1n) is 10.7. The molecule has 3 N–H and O–H groups in total. The van der Waals surface area contributed by atoms with Crippen LogP contribution in [0.5, 0.6) is 0 Å². The van der Waals surface area contributed by atoms with E-state index in [-0.39, 0.29) is 18.5 Å². The van der Waals surface area contributed by atoms with Crippen LogP contribution in [0.2, 0.25) is 0 Å². The third kappa shape index (κ3) is 4.90. The summed E-state index contributed by atoms with van der Waals surface area (Å²) in [6.07, 6.45) is 7.21. The van der Waals surface area contributed by atoms with Gasteiger partial charge in [-0.15, -0.1) is 0 Å². The van der Waals surface area contributed by atoms with Gasteiger partial charge in [-0.25, -0.2) is 4.98 Å². The van der Waals surface area contributed by atoms with Crippen LogP contribution < -0.4 is 15.5 Å². The maximum absolute atomic E-state index is 12.7. The highest BCUT2D eigenvalue weighted by Crippen LogP contribution is 2.39. The average molecular weight is 412 g/mol. The summed E-state index contributed by atoms with van der Waals surface area (Å²) < 4.78 is 0. The largest absolute Gasteiger partial charge is 0.396 e. The Morgan fingerprint density at radius 3 is 2.50 bits per heavy atom. The summed E-state index contributed by atoms with van der Waals surface area (Å²) in [6, 6.07) is 10.4. The molecule has 1 aromatic heterocycles. The van der Waals surface area contributed by atoms with Gasteiger partial charge in [0.05, 0.1) is 11.6 Å². The summed E-state index contributed by atoms with van der Waals surface area (Å²) in [4.78, 5) is 25.2. The molecule has 1 aromatic carbocycles. The van der Waals surface area contributed by atoms with Crippen molar-refractivity contribution in [2.75, 3.05) is 35.7 Å². The molecule has 1 amide bonds. The lowest BCUT2D eigenvalue weighted by molar-refractivity contribution is -0.125. The van der Waals surface area contributed by atoms with Crippen molar-refractivity contribution in [3.63, 3.8) is 0 Å². The van der Waals surface area contributed by atoms with E-state index >= 15 is 0 Å². The highest BCUT2D eigenvalue weighted by Gasteiger charge is 2.41. The molecule has 0 radical (unpaired) electrons. The Hall–Kier alpha value is -2.67. The van der Waals surface area contributed by atoms with E-state index < -0.39 is 5.41 Å². The third-order valence-corrected chi connectivity index (χ3v) is 5.86. The Bertz CT molecular complexity index is 850. The number of hydrogen-bond acceptors (Lipinski definition) is 6. The quantitative estimate of drug-likeness (QED) is 0.806. The Morgan fingerprint density at radius 1 is 1.20 bits per heavy atom. The molecule has 0 saturated heterocycles. The van der Waals surface area contributed by atoms with Crippen LogP contribution in [0.4, 0.5) is 17.5 Å². The molecule has 30 heavy (non-hydrogen) atoms. The molecule has 2 aromatic rings. The van der Waals surface area contributed by atoms with Crippen LogP contribution >= 0.6 is 0 Å². The number of rotatable bonds is 3. The zero-order valence-electron chi connectivity index (χ0n) is 18.2. The monoisotopic (exact) mass is 411 g/mol. The van der Waals surface area contributed by atoms with Crippen molar-refractivity contribution >= 4 is 23.4 Å². The van der Waals surface area contributed by atoms with Crippen molar-refractivity contribution in [2.45, 2.75) is 52.0 Å². The van der Waals surface area contributed by atoms with Crippen molar-refractivity contribution in [3.8, 4) is 0 Å². The Balaban J connectivity index is 0.000000239. The molecule has 0 bridgehead atoms. The third-order valence-electron chi connectivity index (χ3n) is 5.86. The fourth-order valence-electron chi connectivity index (χ4n) is 4.25. The summed E-state index contributed by atoms with van der Waals surface area (Å²) >= 11 is 0. The van der Waals surface area contributed by atoms with Crippen LogP contribution in [0, 0.1) is 5.41 Å². The molecule has 7 nitrogen and oxygen atoms in total. The summed E-state index contributed by atoms with van der Waals surface area (Å²) in [5.41, 5.74) is 7.29. The van der Waals surface area contributed by atoms with Crippen molar-refractivity contribution in [3.05, 3.63) is 42.1 Å². The first kappa shape index (κ1) is 22.0. The second-order valence-electron chi connectivity index (χ2n) is 8.71. The van der Waals surface area contributed by atoms with Crippen molar-refractivity contribution in [1.29, 1.82) is 0 Å². The molecular weight excluding hydrogens is 378 g/mol. The molecule has 0 spiro atoms. The van der Waals surface area contributed by atoms with Gasteiger partial charge in [0.1, 0.15) is 5.69 Å². The molecular formula is C23H33N5O2. The minimum atomic E-state index is -0.452. The standard InChI is InChI=1S/C15H23N5O.C8H10O/c1-15(2)9-20(10-6-4-5-7-10)12-11(19(3)13(15)21)8-17-14(16)18-12;9-7-6-8-4-2-1-3-5-8/h8,10H,4-7,9H2,1-3H3,(H2,16,17,18);1-5,9H,6-7H2. The van der Waals surface area contributed by atoms with E-state index in [0.717, 1.165) is 30.8 Å². The van der Waals surface area contributed by atoms with Gasteiger partial charge in [0, 0.05) is 26.2 Å². The predicted octanol–water partition coefficient (Wildman–Crippen LogP) is 3.03. The summed E-state index contributed by atoms with van der Waals surface area (Å²) in [5.74, 6) is 1.16. The number of fused-ring (bicyclic) bond motifs is 1. The molecule has 2 heterocycles. The molecule has 1 fully saturated rings. The number of aliphatic hydroxyl groups is 1. The predicted molar refractivity (Wildman–Crippen MR) is 120 cm³/mol. The summed E-state index contributed by atoms with van der Waals surface area (Å²) in [5, 5.41) is 8.52. The second-order valence-corrected chi connectivity index (χ2v) is 8.71. The Labute approximate surface area is 178 Å². The van der Waals surface area contributed by atoms with Gasteiger partial charge in [-0.3, -0.25) is 4.79 Å². The minimum Gasteiger partial charge on any atom is -0.396 e. The lowest BCUT2D eigenvalue weighted by atomic mass is 9.91. The van der Waals surface area contributed by atoms with Crippen LogP contribution in [-0.4, -0.2) is 47.2 Å². The number of aliphatic hydroxyl groups excluding tert-OH is 1. The lowest BCUT2D eigenvalue weighted by Gasteiger charge is -2.34. The molecule has 0 unspecified atom stereocenters. The van der Waals surface area contributed by atoms with Gasteiger partial charge in [-0.05, 0) is 38.7 Å². The van der Waals surface area contributed by atoms with Gasteiger partial charge < -0.3 is 20.6 Å². The van der Waals surface area contributed by atoms with Gasteiger partial charge in [-0.1, -0.05) is 43.2 Å². The smallest absolute Gasteiger partial charge is 0.234 e. The van der Waals surface area contributed by atoms with Crippen molar-refractivity contribution in [2.24, 2.45) is 5.41 Å².